The first-order chi connectivity index (χ1) is 7.68. The molecular weight excluding hydrogens is 262 g/mol. The van der Waals surface area contributed by atoms with E-state index in [4.69, 9.17) is 10.7 Å². The van der Waals surface area contributed by atoms with Crippen molar-refractivity contribution in [3.63, 3.8) is 0 Å². The van der Waals surface area contributed by atoms with Gasteiger partial charge in [-0.1, -0.05) is 20.8 Å². The average Bonchev–Trinajstić information content (AvgIpc) is 2.57. The van der Waals surface area contributed by atoms with Gasteiger partial charge in [-0.25, -0.2) is 17.9 Å². The van der Waals surface area contributed by atoms with Crippen LogP contribution in [0.5, 0.6) is 0 Å². The number of hydrogen-bond donors (Lipinski definition) is 0. The fourth-order valence-electron chi connectivity index (χ4n) is 1.36. The van der Waals surface area contributed by atoms with E-state index in [1.54, 1.807) is 12.4 Å². The van der Waals surface area contributed by atoms with E-state index in [2.05, 4.69) is 10.1 Å². The molecule has 0 fully saturated rings. The molecule has 5 nitrogen and oxygen atoms in total. The highest BCUT2D eigenvalue weighted by molar-refractivity contribution is 8.13. The maximum atomic E-state index is 11.1. The molecule has 0 unspecified atom stereocenters. The quantitative estimate of drug-likeness (QED) is 0.745. The van der Waals surface area contributed by atoms with Crippen LogP contribution < -0.4 is 0 Å². The van der Waals surface area contributed by atoms with E-state index < -0.39 is 9.05 Å². The maximum Gasteiger partial charge on any atom is 0.280 e. The van der Waals surface area contributed by atoms with E-state index >= 15 is 0 Å². The largest absolute Gasteiger partial charge is 0.280 e. The predicted molar refractivity (Wildman–Crippen MR) is 64.7 cm³/mol. The molecule has 17 heavy (non-hydrogen) atoms. The maximum absolute atomic E-state index is 11.1. The van der Waals surface area contributed by atoms with Crippen LogP contribution in [-0.4, -0.2) is 23.0 Å². The van der Waals surface area contributed by atoms with Crippen LogP contribution in [0.15, 0.2) is 23.5 Å². The van der Waals surface area contributed by atoms with Crippen LogP contribution in [-0.2, 0) is 14.5 Å². The van der Waals surface area contributed by atoms with E-state index in [1.165, 1.54) is 10.6 Å². The number of halogens is 1. The van der Waals surface area contributed by atoms with E-state index in [1.807, 2.05) is 20.8 Å². The molecule has 0 aliphatic rings. The predicted octanol–water partition coefficient (Wildman–Crippen LogP) is 1.95. The molecule has 2 heterocycles. The highest BCUT2D eigenvalue weighted by atomic mass is 35.7. The lowest BCUT2D eigenvalue weighted by atomic mass is 9.89. The smallest absolute Gasteiger partial charge is 0.237 e. The topological polar surface area (TPSA) is 64.3 Å². The highest BCUT2D eigenvalue weighted by Crippen LogP contribution is 2.22. The molecule has 0 saturated heterocycles. The Hall–Kier alpha value is -1.14. The van der Waals surface area contributed by atoms with E-state index in [-0.39, 0.29) is 10.4 Å². The summed E-state index contributed by atoms with van der Waals surface area (Å²) in [4.78, 5) is 4.16. The van der Waals surface area contributed by atoms with Crippen molar-refractivity contribution < 1.29 is 8.42 Å². The lowest BCUT2D eigenvalue weighted by Crippen LogP contribution is -2.12. The summed E-state index contributed by atoms with van der Waals surface area (Å²) in [6.07, 6.45) is 3.47. The minimum atomic E-state index is -3.81. The Morgan fingerprint density at radius 2 is 2.00 bits per heavy atom. The molecule has 0 aliphatic heterocycles. The Bertz CT molecular complexity index is 670. The number of nitrogens with zero attached hydrogens (tertiary/aromatic N) is 3. The molecule has 2 aromatic heterocycles. The van der Waals surface area contributed by atoms with Crippen molar-refractivity contribution in [1.82, 2.24) is 14.6 Å². The molecule has 0 atom stereocenters. The van der Waals surface area contributed by atoms with Crippen molar-refractivity contribution in [3.8, 4) is 0 Å². The van der Waals surface area contributed by atoms with Gasteiger partial charge in [0.25, 0.3) is 9.05 Å². The fourth-order valence-corrected chi connectivity index (χ4v) is 2.02. The van der Waals surface area contributed by atoms with Crippen LogP contribution in [0.25, 0.3) is 5.65 Å². The number of rotatable bonds is 1. The lowest BCUT2D eigenvalue weighted by molar-refractivity contribution is 0.580. The fraction of sp³-hybridized carbons (Fsp3) is 0.400. The monoisotopic (exact) mass is 273 g/mol. The highest BCUT2D eigenvalue weighted by Gasteiger charge is 2.18. The van der Waals surface area contributed by atoms with Gasteiger partial charge in [0.05, 0.1) is 0 Å². The zero-order valence-corrected chi connectivity index (χ0v) is 11.2. The molecule has 0 radical (unpaired) electrons. The van der Waals surface area contributed by atoms with Gasteiger partial charge in [-0.2, -0.15) is 5.10 Å². The van der Waals surface area contributed by atoms with E-state index in [0.29, 0.717) is 5.65 Å². The molecule has 0 saturated carbocycles. The summed E-state index contributed by atoms with van der Waals surface area (Å²) < 4.78 is 23.7. The van der Waals surface area contributed by atoms with Gasteiger partial charge in [-0.15, -0.1) is 0 Å². The summed E-state index contributed by atoms with van der Waals surface area (Å²) in [5, 5.41) is 3.71. The molecule has 92 valence electrons. The summed E-state index contributed by atoms with van der Waals surface area (Å²) >= 11 is 0. The van der Waals surface area contributed by atoms with Gasteiger partial charge >= 0.3 is 0 Å². The SMILES string of the molecule is CC(C)(C)c1cnc2cc(S(=O)(=O)Cl)nn2c1. The van der Waals surface area contributed by atoms with Crippen LogP contribution in [0.3, 0.4) is 0 Å². The van der Waals surface area contributed by atoms with Crippen molar-refractivity contribution in [2.75, 3.05) is 0 Å². The minimum Gasteiger partial charge on any atom is -0.237 e. The van der Waals surface area contributed by atoms with Gasteiger partial charge in [0.1, 0.15) is 0 Å². The second-order valence-corrected chi connectivity index (χ2v) is 7.33. The van der Waals surface area contributed by atoms with Crippen molar-refractivity contribution in [1.29, 1.82) is 0 Å². The van der Waals surface area contributed by atoms with Gasteiger partial charge in [0, 0.05) is 29.1 Å². The molecule has 0 bridgehead atoms. The van der Waals surface area contributed by atoms with Crippen LogP contribution >= 0.6 is 10.7 Å². The first kappa shape index (κ1) is 12.3. The third-order valence-corrected chi connectivity index (χ3v) is 3.58. The van der Waals surface area contributed by atoms with E-state index in [9.17, 15) is 8.42 Å². The third-order valence-electron chi connectivity index (χ3n) is 2.41. The Morgan fingerprint density at radius 1 is 1.35 bits per heavy atom. The van der Waals surface area contributed by atoms with Crippen molar-refractivity contribution in [3.05, 3.63) is 24.0 Å². The van der Waals surface area contributed by atoms with Crippen LogP contribution in [0.2, 0.25) is 0 Å². The number of fused-ring (bicyclic) bond motifs is 1. The molecule has 0 aromatic carbocycles. The molecule has 0 amide bonds. The lowest BCUT2D eigenvalue weighted by Gasteiger charge is -2.17. The molecule has 2 rings (SSSR count). The van der Waals surface area contributed by atoms with Crippen LogP contribution in [0.1, 0.15) is 26.3 Å². The van der Waals surface area contributed by atoms with Crippen LogP contribution in [0, 0.1) is 0 Å². The third kappa shape index (κ3) is 2.42. The number of hydrogen-bond acceptors (Lipinski definition) is 4. The second-order valence-electron chi connectivity index (χ2n) is 4.82. The Morgan fingerprint density at radius 3 is 2.53 bits per heavy atom. The molecule has 0 aliphatic carbocycles. The summed E-state index contributed by atoms with van der Waals surface area (Å²) in [6.45, 7) is 6.12. The van der Waals surface area contributed by atoms with Gasteiger partial charge in [-0.05, 0) is 11.0 Å². The first-order valence-corrected chi connectivity index (χ1v) is 7.29. The van der Waals surface area contributed by atoms with E-state index in [0.717, 1.165) is 5.56 Å². The summed E-state index contributed by atoms with van der Waals surface area (Å²) in [5.41, 5.74) is 1.34. The molecule has 2 aromatic rings. The van der Waals surface area contributed by atoms with Gasteiger partial charge in [0.2, 0.25) is 0 Å². The first-order valence-electron chi connectivity index (χ1n) is 4.98. The second kappa shape index (κ2) is 3.68. The van der Waals surface area contributed by atoms with Gasteiger partial charge < -0.3 is 0 Å². The molecule has 0 spiro atoms. The summed E-state index contributed by atoms with van der Waals surface area (Å²) in [5.74, 6) is 0. The van der Waals surface area contributed by atoms with Gasteiger partial charge in [-0.3, -0.25) is 0 Å². The average molecular weight is 274 g/mol. The zero-order chi connectivity index (χ0) is 12.8. The Kier molecular flexibility index (Phi) is 2.67. The minimum absolute atomic E-state index is 0.0762. The van der Waals surface area contributed by atoms with Crippen molar-refractivity contribution in [2.24, 2.45) is 0 Å². The van der Waals surface area contributed by atoms with Crippen molar-refractivity contribution in [2.45, 2.75) is 31.2 Å². The molecule has 0 N–H and O–H groups in total. The standard InChI is InChI=1S/C10H12ClN3O2S/c1-10(2,3)7-5-12-8-4-9(17(11,15)16)13-14(8)6-7/h4-6H,1-3H3. The van der Waals surface area contributed by atoms with Crippen LogP contribution in [0.4, 0.5) is 0 Å². The number of aromatic nitrogens is 3. The Balaban J connectivity index is 2.64. The molecular formula is C10H12ClN3O2S. The zero-order valence-electron chi connectivity index (χ0n) is 9.68. The Labute approximate surface area is 104 Å². The molecule has 7 heteroatoms. The normalized spacial score (nSPS) is 13.2. The summed E-state index contributed by atoms with van der Waals surface area (Å²) in [7, 11) is 1.42. The van der Waals surface area contributed by atoms with Gasteiger partial charge in [0.15, 0.2) is 10.7 Å². The summed E-state index contributed by atoms with van der Waals surface area (Å²) in [6, 6.07) is 1.34. The van der Waals surface area contributed by atoms with Crippen molar-refractivity contribution >= 4 is 25.4 Å².